The minimum absolute atomic E-state index is 0.217. The minimum Gasteiger partial charge on any atom is -0.460 e. The first-order valence-corrected chi connectivity index (χ1v) is 4.69. The molecule has 82 valence electrons. The summed E-state index contributed by atoms with van der Waals surface area (Å²) in [5.41, 5.74) is 0.865. The highest BCUT2D eigenvalue weighted by atomic mass is 16.5. The second-order valence-corrected chi connectivity index (χ2v) is 2.95. The monoisotopic (exact) mass is 209 g/mol. The molecule has 0 aliphatic rings. The molecule has 0 fully saturated rings. The molecule has 0 atom stereocenters. The Morgan fingerprint density at radius 3 is 3.00 bits per heavy atom. The van der Waals surface area contributed by atoms with E-state index in [0.717, 1.165) is 11.4 Å². The number of esters is 1. The van der Waals surface area contributed by atoms with Crippen molar-refractivity contribution in [3.8, 4) is 0 Å². The summed E-state index contributed by atoms with van der Waals surface area (Å²) >= 11 is 0. The fourth-order valence-corrected chi connectivity index (χ4v) is 1.13. The molecule has 0 saturated heterocycles. The van der Waals surface area contributed by atoms with Gasteiger partial charge in [0.25, 0.3) is 0 Å². The summed E-state index contributed by atoms with van der Waals surface area (Å²) in [4.78, 5) is 15.2. The summed E-state index contributed by atoms with van der Waals surface area (Å²) in [5, 5.41) is 5.66. The highest BCUT2D eigenvalue weighted by Crippen LogP contribution is 2.11. The van der Waals surface area contributed by atoms with Crippen molar-refractivity contribution in [3.05, 3.63) is 23.9 Å². The first-order chi connectivity index (χ1) is 7.27. The van der Waals surface area contributed by atoms with E-state index < -0.39 is 0 Å². The van der Waals surface area contributed by atoms with E-state index in [-0.39, 0.29) is 19.1 Å². The Morgan fingerprint density at radius 2 is 2.33 bits per heavy atom. The molecule has 0 saturated carbocycles. The van der Waals surface area contributed by atoms with E-state index in [0.29, 0.717) is 0 Å². The van der Waals surface area contributed by atoms with Gasteiger partial charge in [0.15, 0.2) is 0 Å². The number of hydrogen-bond donors (Lipinski definition) is 2. The third-order valence-electron chi connectivity index (χ3n) is 1.84. The smallest absolute Gasteiger partial charge is 0.320 e. The van der Waals surface area contributed by atoms with E-state index in [4.69, 9.17) is 4.74 Å². The van der Waals surface area contributed by atoms with Crippen LogP contribution in [0, 0.1) is 0 Å². The van der Waals surface area contributed by atoms with Gasteiger partial charge >= 0.3 is 5.97 Å². The van der Waals surface area contributed by atoms with Crippen molar-refractivity contribution in [3.63, 3.8) is 0 Å². The van der Waals surface area contributed by atoms with Crippen LogP contribution in [0.3, 0.4) is 0 Å². The fourth-order valence-electron chi connectivity index (χ4n) is 1.13. The molecule has 0 unspecified atom stereocenters. The maximum absolute atomic E-state index is 11.1. The molecule has 0 spiro atoms. The van der Waals surface area contributed by atoms with Crippen LogP contribution in [0.5, 0.6) is 0 Å². The van der Waals surface area contributed by atoms with Gasteiger partial charge in [0.05, 0.1) is 6.54 Å². The second-order valence-electron chi connectivity index (χ2n) is 2.95. The van der Waals surface area contributed by atoms with Gasteiger partial charge in [0, 0.05) is 18.8 Å². The van der Waals surface area contributed by atoms with Crippen LogP contribution in [0.15, 0.2) is 18.3 Å². The third-order valence-corrected chi connectivity index (χ3v) is 1.84. The molecule has 1 heterocycles. The summed E-state index contributed by atoms with van der Waals surface area (Å²) in [5.74, 6) is 0.457. The number of rotatable bonds is 5. The largest absolute Gasteiger partial charge is 0.460 e. The van der Waals surface area contributed by atoms with Crippen LogP contribution in [0.25, 0.3) is 0 Å². The van der Waals surface area contributed by atoms with Gasteiger partial charge in [-0.25, -0.2) is 4.98 Å². The van der Waals surface area contributed by atoms with Gasteiger partial charge in [-0.1, -0.05) is 6.07 Å². The Labute approximate surface area is 88.9 Å². The molecule has 1 rings (SSSR count). The zero-order valence-electron chi connectivity index (χ0n) is 8.91. The van der Waals surface area contributed by atoms with Crippen molar-refractivity contribution in [1.82, 2.24) is 10.3 Å². The van der Waals surface area contributed by atoms with Crippen LogP contribution >= 0.6 is 0 Å². The molecule has 0 aliphatic carbocycles. The predicted molar refractivity (Wildman–Crippen MR) is 57.5 cm³/mol. The average molecular weight is 209 g/mol. The zero-order valence-corrected chi connectivity index (χ0v) is 8.91. The lowest BCUT2D eigenvalue weighted by Crippen LogP contribution is -2.20. The van der Waals surface area contributed by atoms with E-state index in [1.165, 1.54) is 0 Å². The van der Waals surface area contributed by atoms with Gasteiger partial charge in [-0.05, 0) is 13.1 Å². The van der Waals surface area contributed by atoms with Gasteiger partial charge in [0.2, 0.25) is 0 Å². The highest BCUT2D eigenvalue weighted by Gasteiger charge is 2.05. The Bertz CT molecular complexity index is 328. The molecule has 0 amide bonds. The SMILES string of the molecule is CNCC(=O)OCc1cccnc1NC. The highest BCUT2D eigenvalue weighted by molar-refractivity contribution is 5.71. The Kier molecular flexibility index (Phi) is 4.56. The number of nitrogens with one attached hydrogen (secondary N) is 2. The number of aromatic nitrogens is 1. The standard InChI is InChI=1S/C10H15N3O2/c1-11-6-9(14)15-7-8-4-3-5-13-10(8)12-2/h3-5,11H,6-7H2,1-2H3,(H,12,13). The number of pyridine rings is 1. The van der Waals surface area contributed by atoms with Crippen LogP contribution in [0.1, 0.15) is 5.56 Å². The lowest BCUT2D eigenvalue weighted by atomic mass is 10.3. The maximum atomic E-state index is 11.1. The third kappa shape index (κ3) is 3.55. The molecule has 1 aromatic rings. The topological polar surface area (TPSA) is 63.2 Å². The van der Waals surface area contributed by atoms with E-state index in [9.17, 15) is 4.79 Å². The molecular weight excluding hydrogens is 194 g/mol. The number of carbonyl (C=O) groups is 1. The van der Waals surface area contributed by atoms with Crippen molar-refractivity contribution < 1.29 is 9.53 Å². The van der Waals surface area contributed by atoms with Gasteiger partial charge < -0.3 is 15.4 Å². The predicted octanol–water partition coefficient (Wildman–Crippen LogP) is 0.386. The normalized spacial score (nSPS) is 9.73. The number of anilines is 1. The van der Waals surface area contributed by atoms with E-state index in [2.05, 4.69) is 15.6 Å². The quantitative estimate of drug-likeness (QED) is 0.687. The van der Waals surface area contributed by atoms with Gasteiger partial charge in [-0.3, -0.25) is 4.79 Å². The molecule has 15 heavy (non-hydrogen) atoms. The van der Waals surface area contributed by atoms with Gasteiger partial charge in [0.1, 0.15) is 12.4 Å². The molecule has 5 nitrogen and oxygen atoms in total. The summed E-state index contributed by atoms with van der Waals surface area (Å²) in [7, 11) is 3.48. The van der Waals surface area contributed by atoms with E-state index >= 15 is 0 Å². The van der Waals surface area contributed by atoms with Crippen molar-refractivity contribution in [2.75, 3.05) is 26.0 Å². The van der Waals surface area contributed by atoms with Crippen LogP contribution in [-0.4, -0.2) is 31.6 Å². The van der Waals surface area contributed by atoms with Crippen LogP contribution in [0.2, 0.25) is 0 Å². The molecule has 5 heteroatoms. The lowest BCUT2D eigenvalue weighted by Gasteiger charge is -2.08. The maximum Gasteiger partial charge on any atom is 0.320 e. The van der Waals surface area contributed by atoms with Crippen LogP contribution < -0.4 is 10.6 Å². The van der Waals surface area contributed by atoms with Crippen molar-refractivity contribution in [1.29, 1.82) is 0 Å². The fraction of sp³-hybridized carbons (Fsp3) is 0.400. The average Bonchev–Trinajstić information content (AvgIpc) is 2.27. The van der Waals surface area contributed by atoms with Crippen LogP contribution in [-0.2, 0) is 16.1 Å². The lowest BCUT2D eigenvalue weighted by molar-refractivity contribution is -0.143. The number of ether oxygens (including phenoxy) is 1. The molecule has 0 radical (unpaired) electrons. The van der Waals surface area contributed by atoms with Crippen molar-refractivity contribution in [2.24, 2.45) is 0 Å². The Hall–Kier alpha value is -1.62. The Morgan fingerprint density at radius 1 is 1.53 bits per heavy atom. The summed E-state index contributed by atoms with van der Waals surface area (Å²) < 4.78 is 5.03. The van der Waals surface area contributed by atoms with Crippen molar-refractivity contribution in [2.45, 2.75) is 6.61 Å². The number of nitrogens with zero attached hydrogens (tertiary/aromatic N) is 1. The zero-order chi connectivity index (χ0) is 11.1. The Balaban J connectivity index is 2.53. The summed E-state index contributed by atoms with van der Waals surface area (Å²) in [6.07, 6.45) is 1.69. The van der Waals surface area contributed by atoms with Crippen LogP contribution in [0.4, 0.5) is 5.82 Å². The first kappa shape index (κ1) is 11.5. The van der Waals surface area contributed by atoms with Crippen molar-refractivity contribution >= 4 is 11.8 Å². The number of hydrogen-bond acceptors (Lipinski definition) is 5. The van der Waals surface area contributed by atoms with E-state index in [1.54, 1.807) is 20.3 Å². The molecule has 0 aliphatic heterocycles. The first-order valence-electron chi connectivity index (χ1n) is 4.69. The molecule has 0 aromatic carbocycles. The molecule has 0 bridgehead atoms. The van der Waals surface area contributed by atoms with Gasteiger partial charge in [-0.2, -0.15) is 0 Å². The number of likely N-dealkylation sites (N-methyl/N-ethyl adjacent to an activating group) is 1. The van der Waals surface area contributed by atoms with Gasteiger partial charge in [-0.15, -0.1) is 0 Å². The van der Waals surface area contributed by atoms with E-state index in [1.807, 2.05) is 12.1 Å². The number of carbonyl (C=O) groups excluding carboxylic acids is 1. The molecular formula is C10H15N3O2. The minimum atomic E-state index is -0.275. The molecule has 1 aromatic heterocycles. The summed E-state index contributed by atoms with van der Waals surface area (Å²) in [6.45, 7) is 0.458. The summed E-state index contributed by atoms with van der Waals surface area (Å²) in [6, 6.07) is 3.67. The molecule has 2 N–H and O–H groups in total. The second kappa shape index (κ2) is 5.98.